The first kappa shape index (κ1) is 12.8. The number of nitrogens with one attached hydrogen (secondary N) is 2. The Morgan fingerprint density at radius 3 is 2.88 bits per heavy atom. The Bertz CT molecular complexity index is 261. The standard InChI is InChI=1S/C13H25N3O/c1-10(2)16-7-5-11(9-16)8-15-13(17)12-4-3-6-14-12/h10-12,14H,3-9H2,1-2H3,(H,15,17)/t11?,12-/m1/s1. The number of rotatable bonds is 4. The third kappa shape index (κ3) is 3.42. The summed E-state index contributed by atoms with van der Waals surface area (Å²) in [4.78, 5) is 14.3. The highest BCUT2D eigenvalue weighted by molar-refractivity contribution is 5.81. The van der Waals surface area contributed by atoms with Gasteiger partial charge in [0.25, 0.3) is 0 Å². The number of carbonyl (C=O) groups excluding carboxylic acids is 1. The van der Waals surface area contributed by atoms with Gasteiger partial charge in [0, 0.05) is 19.1 Å². The van der Waals surface area contributed by atoms with E-state index in [1.165, 1.54) is 13.0 Å². The molecule has 2 saturated heterocycles. The molecule has 0 bridgehead atoms. The van der Waals surface area contributed by atoms with Crippen molar-refractivity contribution in [2.24, 2.45) is 5.92 Å². The molecule has 0 spiro atoms. The summed E-state index contributed by atoms with van der Waals surface area (Å²) in [7, 11) is 0. The zero-order chi connectivity index (χ0) is 12.3. The zero-order valence-corrected chi connectivity index (χ0v) is 11.0. The summed E-state index contributed by atoms with van der Waals surface area (Å²) in [5.74, 6) is 0.841. The van der Waals surface area contributed by atoms with Gasteiger partial charge in [0.05, 0.1) is 6.04 Å². The van der Waals surface area contributed by atoms with Crippen molar-refractivity contribution >= 4 is 5.91 Å². The van der Waals surface area contributed by atoms with Crippen LogP contribution in [0.3, 0.4) is 0 Å². The Morgan fingerprint density at radius 1 is 1.47 bits per heavy atom. The molecular formula is C13H25N3O. The Balaban J connectivity index is 1.67. The van der Waals surface area contributed by atoms with E-state index in [0.29, 0.717) is 12.0 Å². The van der Waals surface area contributed by atoms with Crippen molar-refractivity contribution in [2.75, 3.05) is 26.2 Å². The fourth-order valence-electron chi connectivity index (χ4n) is 2.77. The van der Waals surface area contributed by atoms with Gasteiger partial charge in [-0.15, -0.1) is 0 Å². The Hall–Kier alpha value is -0.610. The molecule has 4 heteroatoms. The molecule has 17 heavy (non-hydrogen) atoms. The summed E-state index contributed by atoms with van der Waals surface area (Å²) in [6.45, 7) is 8.63. The Labute approximate surface area is 104 Å². The molecule has 0 aromatic carbocycles. The van der Waals surface area contributed by atoms with E-state index in [1.54, 1.807) is 0 Å². The van der Waals surface area contributed by atoms with Gasteiger partial charge < -0.3 is 15.5 Å². The van der Waals surface area contributed by atoms with E-state index >= 15 is 0 Å². The van der Waals surface area contributed by atoms with Crippen LogP contribution in [0.15, 0.2) is 0 Å². The van der Waals surface area contributed by atoms with E-state index in [0.717, 1.165) is 32.5 Å². The average molecular weight is 239 g/mol. The highest BCUT2D eigenvalue weighted by atomic mass is 16.2. The summed E-state index contributed by atoms with van der Waals surface area (Å²) in [6.07, 6.45) is 3.34. The molecule has 2 aliphatic heterocycles. The molecular weight excluding hydrogens is 214 g/mol. The molecule has 0 aromatic rings. The molecule has 2 N–H and O–H groups in total. The highest BCUT2D eigenvalue weighted by Crippen LogP contribution is 2.17. The predicted molar refractivity (Wildman–Crippen MR) is 68.9 cm³/mol. The Kier molecular flexibility index (Phi) is 4.40. The molecule has 2 aliphatic rings. The van der Waals surface area contributed by atoms with Crippen LogP contribution in [0, 0.1) is 5.92 Å². The topological polar surface area (TPSA) is 44.4 Å². The number of nitrogens with zero attached hydrogens (tertiary/aromatic N) is 1. The molecule has 2 fully saturated rings. The van der Waals surface area contributed by atoms with Gasteiger partial charge in [0.1, 0.15) is 0 Å². The normalized spacial score (nSPS) is 30.1. The molecule has 98 valence electrons. The van der Waals surface area contributed by atoms with Crippen LogP contribution < -0.4 is 10.6 Å². The summed E-state index contributed by atoms with van der Waals surface area (Å²) >= 11 is 0. The third-order valence-electron chi connectivity index (χ3n) is 3.99. The maximum atomic E-state index is 11.8. The van der Waals surface area contributed by atoms with E-state index in [9.17, 15) is 4.79 Å². The largest absolute Gasteiger partial charge is 0.354 e. The van der Waals surface area contributed by atoms with E-state index in [4.69, 9.17) is 0 Å². The van der Waals surface area contributed by atoms with Crippen LogP contribution in [0.4, 0.5) is 0 Å². The summed E-state index contributed by atoms with van der Waals surface area (Å²) in [5.41, 5.74) is 0. The summed E-state index contributed by atoms with van der Waals surface area (Å²) in [6, 6.07) is 0.699. The number of amides is 1. The highest BCUT2D eigenvalue weighted by Gasteiger charge is 2.26. The molecule has 1 amide bonds. The van der Waals surface area contributed by atoms with Crippen molar-refractivity contribution in [3.63, 3.8) is 0 Å². The number of carbonyl (C=O) groups is 1. The van der Waals surface area contributed by atoms with Crippen LogP contribution in [0.25, 0.3) is 0 Å². The van der Waals surface area contributed by atoms with Crippen molar-refractivity contribution in [1.29, 1.82) is 0 Å². The summed E-state index contributed by atoms with van der Waals surface area (Å²) < 4.78 is 0. The third-order valence-corrected chi connectivity index (χ3v) is 3.99. The SMILES string of the molecule is CC(C)N1CCC(CNC(=O)[C@H]2CCCN2)C1. The smallest absolute Gasteiger partial charge is 0.237 e. The molecule has 0 radical (unpaired) electrons. The lowest BCUT2D eigenvalue weighted by Gasteiger charge is -2.20. The summed E-state index contributed by atoms with van der Waals surface area (Å²) in [5, 5.41) is 6.33. The molecule has 4 nitrogen and oxygen atoms in total. The predicted octanol–water partition coefficient (Wildman–Crippen LogP) is 0.585. The Morgan fingerprint density at radius 2 is 2.29 bits per heavy atom. The van der Waals surface area contributed by atoms with E-state index in [1.807, 2.05) is 0 Å². The van der Waals surface area contributed by atoms with E-state index in [-0.39, 0.29) is 11.9 Å². The van der Waals surface area contributed by atoms with Crippen LogP contribution in [0.5, 0.6) is 0 Å². The molecule has 0 saturated carbocycles. The first-order valence-corrected chi connectivity index (χ1v) is 6.92. The first-order valence-electron chi connectivity index (χ1n) is 6.92. The van der Waals surface area contributed by atoms with Crippen molar-refractivity contribution in [1.82, 2.24) is 15.5 Å². The minimum absolute atomic E-state index is 0.0672. The van der Waals surface area contributed by atoms with Crippen molar-refractivity contribution in [3.05, 3.63) is 0 Å². The molecule has 0 aromatic heterocycles. The molecule has 2 heterocycles. The van der Waals surface area contributed by atoms with Gasteiger partial charge in [-0.1, -0.05) is 0 Å². The first-order chi connectivity index (χ1) is 8.16. The fourth-order valence-corrected chi connectivity index (χ4v) is 2.77. The van der Waals surface area contributed by atoms with Crippen LogP contribution in [0.2, 0.25) is 0 Å². The number of hydrogen-bond donors (Lipinski definition) is 2. The lowest BCUT2D eigenvalue weighted by molar-refractivity contribution is -0.122. The fraction of sp³-hybridized carbons (Fsp3) is 0.923. The maximum Gasteiger partial charge on any atom is 0.237 e. The van der Waals surface area contributed by atoms with Gasteiger partial charge in [-0.25, -0.2) is 0 Å². The zero-order valence-electron chi connectivity index (χ0n) is 11.0. The van der Waals surface area contributed by atoms with Gasteiger partial charge in [-0.2, -0.15) is 0 Å². The van der Waals surface area contributed by atoms with Gasteiger partial charge in [0.2, 0.25) is 5.91 Å². The monoisotopic (exact) mass is 239 g/mol. The molecule has 1 unspecified atom stereocenters. The van der Waals surface area contributed by atoms with Crippen molar-refractivity contribution < 1.29 is 4.79 Å². The van der Waals surface area contributed by atoms with E-state index < -0.39 is 0 Å². The quantitative estimate of drug-likeness (QED) is 0.754. The van der Waals surface area contributed by atoms with Crippen LogP contribution >= 0.6 is 0 Å². The van der Waals surface area contributed by atoms with Crippen LogP contribution in [0.1, 0.15) is 33.1 Å². The van der Waals surface area contributed by atoms with Crippen molar-refractivity contribution in [3.8, 4) is 0 Å². The van der Waals surface area contributed by atoms with Crippen molar-refractivity contribution in [2.45, 2.75) is 45.2 Å². The number of hydrogen-bond acceptors (Lipinski definition) is 3. The lowest BCUT2D eigenvalue weighted by atomic mass is 10.1. The second kappa shape index (κ2) is 5.83. The molecule has 2 rings (SSSR count). The second-order valence-electron chi connectivity index (χ2n) is 5.64. The van der Waals surface area contributed by atoms with Gasteiger partial charge >= 0.3 is 0 Å². The second-order valence-corrected chi connectivity index (χ2v) is 5.64. The van der Waals surface area contributed by atoms with Crippen LogP contribution in [-0.4, -0.2) is 49.1 Å². The lowest BCUT2D eigenvalue weighted by Crippen LogP contribution is -2.42. The minimum Gasteiger partial charge on any atom is -0.354 e. The molecule has 2 atom stereocenters. The van der Waals surface area contributed by atoms with Crippen LogP contribution in [-0.2, 0) is 4.79 Å². The van der Waals surface area contributed by atoms with Gasteiger partial charge in [0.15, 0.2) is 0 Å². The average Bonchev–Trinajstić information content (AvgIpc) is 2.97. The van der Waals surface area contributed by atoms with Gasteiger partial charge in [-0.05, 0) is 52.1 Å². The number of likely N-dealkylation sites (tertiary alicyclic amines) is 1. The minimum atomic E-state index is 0.0672. The maximum absolute atomic E-state index is 11.8. The molecule has 0 aliphatic carbocycles. The van der Waals surface area contributed by atoms with Gasteiger partial charge in [-0.3, -0.25) is 4.79 Å². The van der Waals surface area contributed by atoms with E-state index in [2.05, 4.69) is 29.4 Å².